The van der Waals surface area contributed by atoms with E-state index < -0.39 is 0 Å². The van der Waals surface area contributed by atoms with Gasteiger partial charge in [-0.15, -0.1) is 0 Å². The average Bonchev–Trinajstić information content (AvgIpc) is 2.13. The summed E-state index contributed by atoms with van der Waals surface area (Å²) in [5, 5.41) is 0. The van der Waals surface area contributed by atoms with E-state index in [1.165, 1.54) is 0 Å². The monoisotopic (exact) mass is 272 g/mol. The molecule has 18 heavy (non-hydrogen) atoms. The molecular formula is C14H28N2OS. The molecule has 0 aliphatic rings. The smallest absolute Gasteiger partial charge is 0.222 e. The maximum Gasteiger partial charge on any atom is 0.222 e. The van der Waals surface area contributed by atoms with E-state index in [1.54, 1.807) is 4.90 Å². The van der Waals surface area contributed by atoms with Gasteiger partial charge in [0.2, 0.25) is 5.91 Å². The van der Waals surface area contributed by atoms with E-state index >= 15 is 0 Å². The van der Waals surface area contributed by atoms with Crippen LogP contribution in [0.3, 0.4) is 0 Å². The lowest BCUT2D eigenvalue weighted by molar-refractivity contribution is -0.131. The summed E-state index contributed by atoms with van der Waals surface area (Å²) in [6, 6.07) is 0. The maximum atomic E-state index is 12.0. The molecule has 0 aromatic rings. The van der Waals surface area contributed by atoms with Crippen LogP contribution < -0.4 is 5.73 Å². The molecule has 4 heteroatoms. The summed E-state index contributed by atoms with van der Waals surface area (Å²) in [4.78, 5) is 14.2. The van der Waals surface area contributed by atoms with Crippen LogP contribution >= 0.6 is 12.2 Å². The van der Waals surface area contributed by atoms with Crippen LogP contribution in [0.25, 0.3) is 0 Å². The molecule has 0 aliphatic carbocycles. The summed E-state index contributed by atoms with van der Waals surface area (Å²) in [6.45, 7) is 11.3. The molecule has 0 saturated heterocycles. The Hall–Kier alpha value is -0.640. The molecular weight excluding hydrogens is 244 g/mol. The molecule has 0 bridgehead atoms. The Labute approximate surface area is 117 Å². The summed E-state index contributed by atoms with van der Waals surface area (Å²) < 4.78 is 0. The van der Waals surface area contributed by atoms with Crippen LogP contribution in [0.4, 0.5) is 0 Å². The molecule has 0 radical (unpaired) electrons. The van der Waals surface area contributed by atoms with Crippen molar-refractivity contribution < 1.29 is 4.79 Å². The zero-order valence-corrected chi connectivity index (χ0v) is 13.4. The number of carbonyl (C=O) groups is 1. The highest BCUT2D eigenvalue weighted by molar-refractivity contribution is 7.80. The topological polar surface area (TPSA) is 46.3 Å². The second kappa shape index (κ2) is 7.07. The van der Waals surface area contributed by atoms with E-state index in [0.29, 0.717) is 23.9 Å². The second-order valence-electron chi connectivity index (χ2n) is 6.65. The first-order chi connectivity index (χ1) is 8.03. The highest BCUT2D eigenvalue weighted by atomic mass is 32.1. The molecule has 2 unspecified atom stereocenters. The number of hydrogen-bond acceptors (Lipinski definition) is 2. The quantitative estimate of drug-likeness (QED) is 0.756. The van der Waals surface area contributed by atoms with Gasteiger partial charge in [0.15, 0.2) is 0 Å². The van der Waals surface area contributed by atoms with Crippen LogP contribution in [0.5, 0.6) is 0 Å². The molecule has 0 saturated carbocycles. The van der Waals surface area contributed by atoms with Gasteiger partial charge >= 0.3 is 0 Å². The Morgan fingerprint density at radius 1 is 1.33 bits per heavy atom. The highest BCUT2D eigenvalue weighted by Gasteiger charge is 2.20. The first-order valence-corrected chi connectivity index (χ1v) is 6.97. The van der Waals surface area contributed by atoms with Gasteiger partial charge in [0.25, 0.3) is 0 Å². The van der Waals surface area contributed by atoms with Crippen LogP contribution in [-0.4, -0.2) is 29.4 Å². The zero-order chi connectivity index (χ0) is 14.5. The van der Waals surface area contributed by atoms with Gasteiger partial charge in [-0.3, -0.25) is 4.79 Å². The van der Waals surface area contributed by atoms with Crippen molar-refractivity contribution in [1.29, 1.82) is 0 Å². The van der Waals surface area contributed by atoms with Crippen molar-refractivity contribution in [3.05, 3.63) is 0 Å². The minimum absolute atomic E-state index is 0.0758. The van der Waals surface area contributed by atoms with Crippen LogP contribution in [0, 0.1) is 17.3 Å². The fourth-order valence-corrected chi connectivity index (χ4v) is 2.25. The summed E-state index contributed by atoms with van der Waals surface area (Å²) >= 11 is 4.92. The van der Waals surface area contributed by atoms with E-state index in [2.05, 4.69) is 27.7 Å². The molecule has 0 aliphatic heterocycles. The Bertz CT molecular complexity index is 297. The van der Waals surface area contributed by atoms with Crippen molar-refractivity contribution in [3.63, 3.8) is 0 Å². The first-order valence-electron chi connectivity index (χ1n) is 6.56. The summed E-state index contributed by atoms with van der Waals surface area (Å²) in [5.74, 6) is 0.654. The van der Waals surface area contributed by atoms with Crippen molar-refractivity contribution >= 4 is 23.1 Å². The molecule has 0 aromatic heterocycles. The molecule has 0 spiro atoms. The predicted molar refractivity (Wildman–Crippen MR) is 81.4 cm³/mol. The normalized spacial score (nSPS) is 15.0. The standard InChI is InChI=1S/C14H28N2OS/c1-10(8-14(3,4)5)7-12(17)16(6)9-11(2)13(15)18/h10-11H,7-9H2,1-6H3,(H2,15,18). The number of nitrogens with zero attached hydrogens (tertiary/aromatic N) is 1. The van der Waals surface area contributed by atoms with Gasteiger partial charge in [-0.2, -0.15) is 0 Å². The lowest BCUT2D eigenvalue weighted by atomic mass is 9.84. The van der Waals surface area contributed by atoms with E-state index in [-0.39, 0.29) is 17.2 Å². The third-order valence-corrected chi connectivity index (χ3v) is 3.35. The molecule has 2 N–H and O–H groups in total. The average molecular weight is 272 g/mol. The van der Waals surface area contributed by atoms with Gasteiger partial charge in [0.1, 0.15) is 0 Å². The SMILES string of the molecule is CC(CC(=O)N(C)CC(C)C(N)=S)CC(C)(C)C. The summed E-state index contributed by atoms with van der Waals surface area (Å²) in [5.41, 5.74) is 5.83. The third kappa shape index (κ3) is 7.64. The lowest BCUT2D eigenvalue weighted by Crippen LogP contribution is -2.36. The molecule has 3 nitrogen and oxygen atoms in total. The fraction of sp³-hybridized carbons (Fsp3) is 0.857. The number of amides is 1. The van der Waals surface area contributed by atoms with Crippen LogP contribution in [0.2, 0.25) is 0 Å². The van der Waals surface area contributed by atoms with Crippen molar-refractivity contribution in [2.45, 2.75) is 47.5 Å². The van der Waals surface area contributed by atoms with Crippen molar-refractivity contribution in [3.8, 4) is 0 Å². The van der Waals surface area contributed by atoms with Crippen molar-refractivity contribution in [2.75, 3.05) is 13.6 Å². The van der Waals surface area contributed by atoms with E-state index in [1.807, 2.05) is 14.0 Å². The highest BCUT2D eigenvalue weighted by Crippen LogP contribution is 2.26. The largest absolute Gasteiger partial charge is 0.393 e. The molecule has 2 atom stereocenters. The second-order valence-corrected chi connectivity index (χ2v) is 7.12. The maximum absolute atomic E-state index is 12.0. The van der Waals surface area contributed by atoms with Gasteiger partial charge in [-0.05, 0) is 17.8 Å². The van der Waals surface area contributed by atoms with E-state index in [0.717, 1.165) is 6.42 Å². The van der Waals surface area contributed by atoms with Gasteiger partial charge < -0.3 is 10.6 Å². The van der Waals surface area contributed by atoms with Crippen LogP contribution in [0.15, 0.2) is 0 Å². The minimum atomic E-state index is 0.0758. The van der Waals surface area contributed by atoms with Crippen LogP contribution in [-0.2, 0) is 4.79 Å². The Kier molecular flexibility index (Phi) is 6.82. The zero-order valence-electron chi connectivity index (χ0n) is 12.6. The molecule has 0 rings (SSSR count). The van der Waals surface area contributed by atoms with E-state index in [4.69, 9.17) is 18.0 Å². The van der Waals surface area contributed by atoms with Gasteiger partial charge in [-0.25, -0.2) is 0 Å². The molecule has 106 valence electrons. The molecule has 1 amide bonds. The molecule has 0 heterocycles. The molecule has 0 fully saturated rings. The number of thiocarbonyl (C=S) groups is 1. The Balaban J connectivity index is 4.20. The third-order valence-electron chi connectivity index (χ3n) is 2.94. The van der Waals surface area contributed by atoms with E-state index in [9.17, 15) is 4.79 Å². The Morgan fingerprint density at radius 2 is 1.83 bits per heavy atom. The Morgan fingerprint density at radius 3 is 2.22 bits per heavy atom. The number of nitrogens with two attached hydrogens (primary N) is 1. The van der Waals surface area contributed by atoms with Gasteiger partial charge in [0.05, 0.1) is 4.99 Å². The predicted octanol–water partition coefficient (Wildman–Crippen LogP) is 2.83. The number of carbonyl (C=O) groups excluding carboxylic acids is 1. The van der Waals surface area contributed by atoms with Crippen molar-refractivity contribution in [2.24, 2.45) is 23.0 Å². The fourth-order valence-electron chi connectivity index (χ4n) is 2.17. The number of rotatable bonds is 6. The summed E-state index contributed by atoms with van der Waals surface area (Å²) in [7, 11) is 1.82. The number of hydrogen-bond donors (Lipinski definition) is 1. The van der Waals surface area contributed by atoms with Crippen molar-refractivity contribution in [1.82, 2.24) is 4.90 Å². The van der Waals surface area contributed by atoms with Gasteiger partial charge in [0, 0.05) is 25.9 Å². The molecule has 0 aromatic carbocycles. The first kappa shape index (κ1) is 17.4. The summed E-state index contributed by atoms with van der Waals surface area (Å²) in [6.07, 6.45) is 1.65. The minimum Gasteiger partial charge on any atom is -0.393 e. The lowest BCUT2D eigenvalue weighted by Gasteiger charge is -2.26. The van der Waals surface area contributed by atoms with Gasteiger partial charge in [-0.1, -0.05) is 46.8 Å². The van der Waals surface area contributed by atoms with Crippen LogP contribution in [0.1, 0.15) is 47.5 Å².